The number of amides is 3. The third-order valence-electron chi connectivity index (χ3n) is 7.13. The van der Waals surface area contributed by atoms with E-state index in [1.54, 1.807) is 17.0 Å². The van der Waals surface area contributed by atoms with Gasteiger partial charge in [0.1, 0.15) is 18.5 Å². The van der Waals surface area contributed by atoms with E-state index in [1.807, 2.05) is 47.4 Å². The standard InChI is InChI=1S/C31H31FN4O4/c32-26-20-25(33-27-9-11-29(37)34-30(27)38)8-10-28(26)35-16-12-22(13-17-35)6-7-23-14-18-36(19-15-23)31(39)40-21-24-4-2-1-3-5-24/h1-5,8,10,12,14,20,27,33H,9,11,13,15-19,21H2,(H,34,37,38). The predicted molar refractivity (Wildman–Crippen MR) is 150 cm³/mol. The molecule has 8 nitrogen and oxygen atoms in total. The molecule has 206 valence electrons. The molecule has 3 aliphatic rings. The van der Waals surface area contributed by atoms with Gasteiger partial charge in [0.25, 0.3) is 0 Å². The Kier molecular flexibility index (Phi) is 8.45. The van der Waals surface area contributed by atoms with E-state index in [0.29, 0.717) is 56.8 Å². The molecule has 1 fully saturated rings. The van der Waals surface area contributed by atoms with Crippen molar-refractivity contribution < 1.29 is 23.5 Å². The predicted octanol–water partition coefficient (Wildman–Crippen LogP) is 4.15. The summed E-state index contributed by atoms with van der Waals surface area (Å²) in [4.78, 5) is 39.3. The van der Waals surface area contributed by atoms with Crippen LogP contribution in [-0.4, -0.2) is 55.0 Å². The van der Waals surface area contributed by atoms with Crippen LogP contribution < -0.4 is 15.5 Å². The van der Waals surface area contributed by atoms with E-state index in [-0.39, 0.29) is 30.8 Å². The third-order valence-corrected chi connectivity index (χ3v) is 7.13. The van der Waals surface area contributed by atoms with Gasteiger partial charge in [0.15, 0.2) is 0 Å². The maximum Gasteiger partial charge on any atom is 0.410 e. The normalized spacial score (nSPS) is 19.1. The highest BCUT2D eigenvalue weighted by molar-refractivity contribution is 6.01. The number of carbonyl (C=O) groups is 3. The molecule has 0 radical (unpaired) electrons. The quantitative estimate of drug-likeness (QED) is 0.436. The molecule has 1 atom stereocenters. The van der Waals surface area contributed by atoms with Crippen molar-refractivity contribution in [2.45, 2.75) is 38.3 Å². The summed E-state index contributed by atoms with van der Waals surface area (Å²) in [7, 11) is 0. The SMILES string of the molecule is O=C1CCC(Nc2ccc(N3CC=C(C#CC4=CCN(C(=O)OCc5ccccc5)CC4)CC3)c(F)c2)C(=O)N1. The van der Waals surface area contributed by atoms with Gasteiger partial charge in [-0.05, 0) is 43.0 Å². The molecule has 1 saturated heterocycles. The Balaban J connectivity index is 1.10. The molecule has 0 spiro atoms. The molecule has 5 rings (SSSR count). The Hall–Kier alpha value is -4.58. The molecular weight excluding hydrogens is 511 g/mol. The van der Waals surface area contributed by atoms with Crippen LogP contribution in [0.2, 0.25) is 0 Å². The summed E-state index contributed by atoms with van der Waals surface area (Å²) in [5.41, 5.74) is 3.96. The van der Waals surface area contributed by atoms with Gasteiger partial charge < -0.3 is 19.9 Å². The maximum atomic E-state index is 14.9. The first-order valence-corrected chi connectivity index (χ1v) is 13.4. The first-order valence-electron chi connectivity index (χ1n) is 13.4. The van der Waals surface area contributed by atoms with Crippen molar-refractivity contribution in [3.63, 3.8) is 0 Å². The van der Waals surface area contributed by atoms with Crippen molar-refractivity contribution in [1.29, 1.82) is 0 Å². The number of piperidine rings is 1. The van der Waals surface area contributed by atoms with Gasteiger partial charge in [0, 0.05) is 49.4 Å². The van der Waals surface area contributed by atoms with Crippen LogP contribution >= 0.6 is 0 Å². The third kappa shape index (κ3) is 6.89. The zero-order valence-electron chi connectivity index (χ0n) is 22.1. The molecule has 40 heavy (non-hydrogen) atoms. The number of hydrogen-bond donors (Lipinski definition) is 2. The van der Waals surface area contributed by atoms with Gasteiger partial charge in [-0.15, -0.1) is 0 Å². The van der Waals surface area contributed by atoms with Gasteiger partial charge in [-0.3, -0.25) is 14.9 Å². The molecule has 0 saturated carbocycles. The van der Waals surface area contributed by atoms with E-state index in [1.165, 1.54) is 6.07 Å². The van der Waals surface area contributed by atoms with Crippen molar-refractivity contribution in [2.24, 2.45) is 0 Å². The lowest BCUT2D eigenvalue weighted by atomic mass is 10.0. The van der Waals surface area contributed by atoms with Crippen LogP contribution in [0.5, 0.6) is 0 Å². The van der Waals surface area contributed by atoms with E-state index in [0.717, 1.165) is 16.7 Å². The average molecular weight is 543 g/mol. The summed E-state index contributed by atoms with van der Waals surface area (Å²) in [6.45, 7) is 2.47. The van der Waals surface area contributed by atoms with Gasteiger partial charge >= 0.3 is 6.09 Å². The Morgan fingerprint density at radius 2 is 1.75 bits per heavy atom. The van der Waals surface area contributed by atoms with Crippen LogP contribution in [-0.2, 0) is 20.9 Å². The number of anilines is 2. The Bertz CT molecular complexity index is 1410. The van der Waals surface area contributed by atoms with Gasteiger partial charge in [0.2, 0.25) is 11.8 Å². The average Bonchev–Trinajstić information content (AvgIpc) is 2.97. The zero-order valence-corrected chi connectivity index (χ0v) is 22.1. The van der Waals surface area contributed by atoms with E-state index in [2.05, 4.69) is 22.5 Å². The van der Waals surface area contributed by atoms with Gasteiger partial charge in [-0.2, -0.15) is 0 Å². The van der Waals surface area contributed by atoms with Crippen LogP contribution in [0.25, 0.3) is 0 Å². The highest BCUT2D eigenvalue weighted by atomic mass is 19.1. The van der Waals surface area contributed by atoms with Gasteiger partial charge in [0.05, 0.1) is 5.69 Å². The maximum absolute atomic E-state index is 14.9. The lowest BCUT2D eigenvalue weighted by molar-refractivity contribution is -0.133. The number of rotatable bonds is 5. The smallest absolute Gasteiger partial charge is 0.410 e. The van der Waals surface area contributed by atoms with Crippen molar-refractivity contribution in [1.82, 2.24) is 10.2 Å². The summed E-state index contributed by atoms with van der Waals surface area (Å²) < 4.78 is 20.3. The molecule has 2 aromatic carbocycles. The van der Waals surface area contributed by atoms with E-state index < -0.39 is 11.9 Å². The molecule has 2 aromatic rings. The summed E-state index contributed by atoms with van der Waals surface area (Å²) in [6, 6.07) is 13.9. The number of carbonyl (C=O) groups excluding carboxylic acids is 3. The fraction of sp³-hybridized carbons (Fsp3) is 0.323. The van der Waals surface area contributed by atoms with Crippen LogP contribution in [0.4, 0.5) is 20.6 Å². The molecule has 0 aliphatic carbocycles. The minimum Gasteiger partial charge on any atom is -0.445 e. The van der Waals surface area contributed by atoms with Gasteiger partial charge in [-0.1, -0.05) is 54.3 Å². The summed E-state index contributed by atoms with van der Waals surface area (Å²) >= 11 is 0. The van der Waals surface area contributed by atoms with Gasteiger partial charge in [-0.25, -0.2) is 9.18 Å². The van der Waals surface area contributed by atoms with Crippen molar-refractivity contribution in [3.8, 4) is 11.8 Å². The highest BCUT2D eigenvalue weighted by Crippen LogP contribution is 2.26. The van der Waals surface area contributed by atoms with Crippen LogP contribution in [0, 0.1) is 17.7 Å². The molecule has 9 heteroatoms. The summed E-state index contributed by atoms with van der Waals surface area (Å²) in [5.74, 6) is 5.43. The first kappa shape index (κ1) is 27.0. The Labute approximate surface area is 232 Å². The van der Waals surface area contributed by atoms with E-state index >= 15 is 0 Å². The summed E-state index contributed by atoms with van der Waals surface area (Å²) in [5, 5.41) is 5.31. The monoisotopic (exact) mass is 542 g/mol. The largest absolute Gasteiger partial charge is 0.445 e. The van der Waals surface area contributed by atoms with Crippen molar-refractivity contribution in [2.75, 3.05) is 36.4 Å². The molecule has 3 heterocycles. The lowest BCUT2D eigenvalue weighted by Crippen LogP contribution is -2.47. The molecule has 0 aromatic heterocycles. The zero-order chi connectivity index (χ0) is 27.9. The number of nitrogens with one attached hydrogen (secondary N) is 2. The second-order valence-corrected chi connectivity index (χ2v) is 9.96. The highest BCUT2D eigenvalue weighted by Gasteiger charge is 2.26. The minimum absolute atomic E-state index is 0.255. The molecule has 2 N–H and O–H groups in total. The molecule has 3 amide bonds. The number of hydrogen-bond acceptors (Lipinski definition) is 6. The first-order chi connectivity index (χ1) is 19.4. The summed E-state index contributed by atoms with van der Waals surface area (Å²) in [6.07, 6.45) is 5.68. The number of imide groups is 1. The lowest BCUT2D eigenvalue weighted by Gasteiger charge is -2.28. The van der Waals surface area contributed by atoms with E-state index in [9.17, 15) is 18.8 Å². The fourth-order valence-corrected chi connectivity index (χ4v) is 4.81. The minimum atomic E-state index is -0.558. The van der Waals surface area contributed by atoms with E-state index in [4.69, 9.17) is 4.74 Å². The van der Waals surface area contributed by atoms with Crippen LogP contribution in [0.1, 0.15) is 31.2 Å². The number of nitrogens with zero attached hydrogens (tertiary/aromatic N) is 2. The number of ether oxygens (including phenoxy) is 1. The van der Waals surface area contributed by atoms with Crippen LogP contribution in [0.3, 0.4) is 0 Å². The Morgan fingerprint density at radius 3 is 2.40 bits per heavy atom. The number of halogens is 1. The van der Waals surface area contributed by atoms with Crippen molar-refractivity contribution >= 4 is 29.3 Å². The number of benzene rings is 2. The molecule has 1 unspecified atom stereocenters. The van der Waals surface area contributed by atoms with Crippen molar-refractivity contribution in [3.05, 3.63) is 83.2 Å². The molecule has 3 aliphatic heterocycles. The topological polar surface area (TPSA) is 91.0 Å². The Morgan fingerprint density at radius 1 is 1.00 bits per heavy atom. The fourth-order valence-electron chi connectivity index (χ4n) is 4.81. The van der Waals surface area contributed by atoms with Crippen LogP contribution in [0.15, 0.2) is 71.8 Å². The molecular formula is C31H31FN4O4. The second-order valence-electron chi connectivity index (χ2n) is 9.96. The molecule has 0 bridgehead atoms. The second kappa shape index (κ2) is 12.5.